The largest absolute Gasteiger partial charge is 0.497 e. The highest BCUT2D eigenvalue weighted by Gasteiger charge is 2.48. The van der Waals surface area contributed by atoms with Crippen LogP contribution in [0, 0.1) is 0 Å². The van der Waals surface area contributed by atoms with Crippen LogP contribution in [0.1, 0.15) is 85.3 Å². The van der Waals surface area contributed by atoms with Gasteiger partial charge in [0.1, 0.15) is 11.5 Å². The number of hydrogen-bond acceptors (Lipinski definition) is 2. The third kappa shape index (κ3) is 3.78. The minimum atomic E-state index is -0.767. The number of rotatable bonds is 4. The third-order valence-electron chi connectivity index (χ3n) is 10.4. The Kier molecular flexibility index (Phi) is 6.05. The number of fused-ring (bicyclic) bond motifs is 10. The molecule has 0 radical (unpaired) electrons. The number of methoxy groups -OCH3 is 1. The van der Waals surface area contributed by atoms with Gasteiger partial charge in [0.15, 0.2) is 5.60 Å². The smallest absolute Gasteiger partial charge is 0.178 e. The zero-order chi connectivity index (χ0) is 29.2. The van der Waals surface area contributed by atoms with Gasteiger partial charge >= 0.3 is 0 Å². The topological polar surface area (TPSA) is 18.5 Å². The zero-order valence-electron chi connectivity index (χ0n) is 25.3. The van der Waals surface area contributed by atoms with E-state index in [1.54, 1.807) is 7.11 Å². The van der Waals surface area contributed by atoms with Gasteiger partial charge in [0.05, 0.1) is 7.11 Å². The Bertz CT molecular complexity index is 1870. The fraction of sp³-hybridized carbons (Fsp3) is 0.268. The molecule has 214 valence electrons. The second kappa shape index (κ2) is 9.88. The molecule has 2 heteroatoms. The molecular weight excluding hydrogens is 524 g/mol. The molecule has 0 N–H and O–H groups in total. The van der Waals surface area contributed by atoms with Crippen molar-refractivity contribution in [1.29, 1.82) is 0 Å². The molecule has 1 atom stereocenters. The van der Waals surface area contributed by atoms with Gasteiger partial charge < -0.3 is 9.47 Å². The van der Waals surface area contributed by atoms with Gasteiger partial charge in [0.25, 0.3) is 0 Å². The van der Waals surface area contributed by atoms with E-state index >= 15 is 0 Å². The van der Waals surface area contributed by atoms with E-state index in [9.17, 15) is 0 Å². The molecule has 0 aromatic heterocycles. The van der Waals surface area contributed by atoms with Gasteiger partial charge in [0.2, 0.25) is 0 Å². The Morgan fingerprint density at radius 2 is 1.37 bits per heavy atom. The average Bonchev–Trinajstić information content (AvgIpc) is 3.34. The molecule has 2 aliphatic carbocycles. The van der Waals surface area contributed by atoms with E-state index < -0.39 is 5.60 Å². The molecule has 0 amide bonds. The zero-order valence-corrected chi connectivity index (χ0v) is 25.3. The van der Waals surface area contributed by atoms with Crippen LogP contribution >= 0.6 is 0 Å². The van der Waals surface area contributed by atoms with Crippen molar-refractivity contribution in [1.82, 2.24) is 0 Å². The van der Waals surface area contributed by atoms with Crippen LogP contribution in [0.4, 0.5) is 0 Å². The van der Waals surface area contributed by atoms with E-state index in [0.29, 0.717) is 5.92 Å². The normalized spacial score (nSPS) is 19.6. The lowest BCUT2D eigenvalue weighted by Crippen LogP contribution is -2.35. The highest BCUT2D eigenvalue weighted by molar-refractivity contribution is 6.08. The van der Waals surface area contributed by atoms with E-state index in [1.165, 1.54) is 76.3 Å². The van der Waals surface area contributed by atoms with Crippen molar-refractivity contribution < 1.29 is 9.47 Å². The molecule has 5 aromatic rings. The van der Waals surface area contributed by atoms with E-state index in [0.717, 1.165) is 22.6 Å². The van der Waals surface area contributed by atoms with Crippen molar-refractivity contribution in [2.45, 2.75) is 62.9 Å². The summed E-state index contributed by atoms with van der Waals surface area (Å²) in [5, 5.41) is 2.47. The van der Waals surface area contributed by atoms with Crippen molar-refractivity contribution in [3.8, 4) is 22.6 Å². The van der Waals surface area contributed by atoms with Crippen molar-refractivity contribution in [3.63, 3.8) is 0 Å². The van der Waals surface area contributed by atoms with E-state index in [1.807, 2.05) is 12.1 Å². The van der Waals surface area contributed by atoms with Crippen LogP contribution in [0.3, 0.4) is 0 Å². The molecule has 1 heterocycles. The van der Waals surface area contributed by atoms with E-state index in [4.69, 9.17) is 9.47 Å². The fourth-order valence-electron chi connectivity index (χ4n) is 8.23. The predicted octanol–water partition coefficient (Wildman–Crippen LogP) is 10.6. The second-order valence-corrected chi connectivity index (χ2v) is 12.9. The summed E-state index contributed by atoms with van der Waals surface area (Å²) in [6, 6.07) is 35.5. The predicted molar refractivity (Wildman–Crippen MR) is 177 cm³/mol. The molecule has 1 spiro atoms. The number of benzene rings is 5. The van der Waals surface area contributed by atoms with Crippen LogP contribution in [0.15, 0.2) is 103 Å². The maximum Gasteiger partial charge on any atom is 0.178 e. The van der Waals surface area contributed by atoms with Crippen LogP contribution < -0.4 is 9.47 Å². The molecule has 8 rings (SSSR count). The molecule has 2 nitrogen and oxygen atoms in total. The van der Waals surface area contributed by atoms with Gasteiger partial charge in [-0.3, -0.25) is 0 Å². The molecular formula is C41H38O2. The van der Waals surface area contributed by atoms with Crippen molar-refractivity contribution in [2.75, 3.05) is 7.11 Å². The molecule has 1 aliphatic heterocycles. The number of hydrogen-bond donors (Lipinski definition) is 0. The lowest BCUT2D eigenvalue weighted by Gasteiger charge is -2.41. The van der Waals surface area contributed by atoms with E-state index in [2.05, 4.69) is 111 Å². The molecule has 5 aromatic carbocycles. The van der Waals surface area contributed by atoms with Gasteiger partial charge in [-0.25, -0.2) is 0 Å². The standard InChI is InChI=1S/C41H38O2/c1-27(2)28-15-17-29(18-16-28)41(30-19-21-31(42-3)22-20-30)26-23-35-38-37(32-11-5-6-12-33(32)39(35)43-41)34-13-7-8-14-36(34)40(38)24-9-4-10-25-40/h5-8,11-23,26-27H,4,9-10,24-25H2,1-3H3. The van der Waals surface area contributed by atoms with Crippen LogP contribution in [0.2, 0.25) is 0 Å². The molecule has 43 heavy (non-hydrogen) atoms. The highest BCUT2D eigenvalue weighted by atomic mass is 16.5. The first kappa shape index (κ1) is 26.3. The summed E-state index contributed by atoms with van der Waals surface area (Å²) < 4.78 is 13.0. The molecule has 1 saturated carbocycles. The lowest BCUT2D eigenvalue weighted by molar-refractivity contribution is 0.163. The minimum absolute atomic E-state index is 0.0328. The second-order valence-electron chi connectivity index (χ2n) is 12.9. The SMILES string of the molecule is COc1ccc(C2(c3ccc(C(C)C)cc3)C=Cc3c4c(c5ccccc5c3O2)-c2ccccc2C42CCCCC2)cc1. The van der Waals surface area contributed by atoms with Crippen molar-refractivity contribution >= 4 is 16.8 Å². The summed E-state index contributed by atoms with van der Waals surface area (Å²) in [6.07, 6.45) is 10.9. The van der Waals surface area contributed by atoms with Gasteiger partial charge in [-0.2, -0.15) is 0 Å². The van der Waals surface area contributed by atoms with Crippen LogP contribution in [-0.4, -0.2) is 7.11 Å². The first-order valence-corrected chi connectivity index (χ1v) is 15.9. The van der Waals surface area contributed by atoms with Gasteiger partial charge in [-0.05, 0) is 70.2 Å². The molecule has 0 bridgehead atoms. The maximum absolute atomic E-state index is 7.51. The summed E-state index contributed by atoms with van der Waals surface area (Å²) in [5.41, 5.74) is 9.88. The van der Waals surface area contributed by atoms with Gasteiger partial charge in [-0.15, -0.1) is 0 Å². The Morgan fingerprint density at radius 3 is 2.07 bits per heavy atom. The summed E-state index contributed by atoms with van der Waals surface area (Å²) >= 11 is 0. The fourth-order valence-corrected chi connectivity index (χ4v) is 8.23. The Morgan fingerprint density at radius 1 is 0.721 bits per heavy atom. The quantitative estimate of drug-likeness (QED) is 0.217. The van der Waals surface area contributed by atoms with E-state index in [-0.39, 0.29) is 5.41 Å². The van der Waals surface area contributed by atoms with Crippen LogP contribution in [0.25, 0.3) is 28.0 Å². The first-order valence-electron chi connectivity index (χ1n) is 15.9. The van der Waals surface area contributed by atoms with Gasteiger partial charge in [-0.1, -0.05) is 124 Å². The lowest BCUT2D eigenvalue weighted by atomic mass is 9.66. The third-order valence-corrected chi connectivity index (χ3v) is 10.4. The van der Waals surface area contributed by atoms with Crippen molar-refractivity contribution in [3.05, 3.63) is 137 Å². The molecule has 1 unspecified atom stereocenters. The van der Waals surface area contributed by atoms with Crippen molar-refractivity contribution in [2.24, 2.45) is 0 Å². The summed E-state index contributed by atoms with van der Waals surface area (Å²) in [4.78, 5) is 0. The Labute approximate surface area is 255 Å². The molecule has 1 fully saturated rings. The first-order chi connectivity index (χ1) is 21.1. The number of ether oxygens (including phenoxy) is 2. The molecule has 0 saturated heterocycles. The van der Waals surface area contributed by atoms with Crippen LogP contribution in [0.5, 0.6) is 11.5 Å². The highest BCUT2D eigenvalue weighted by Crippen LogP contribution is 2.62. The Hall–Kier alpha value is -4.30. The van der Waals surface area contributed by atoms with Gasteiger partial charge in [0, 0.05) is 27.5 Å². The Balaban J connectivity index is 1.41. The summed E-state index contributed by atoms with van der Waals surface area (Å²) in [6.45, 7) is 4.49. The monoisotopic (exact) mass is 562 g/mol. The minimum Gasteiger partial charge on any atom is -0.497 e. The summed E-state index contributed by atoms with van der Waals surface area (Å²) in [5.74, 6) is 2.31. The maximum atomic E-state index is 7.51. The van der Waals surface area contributed by atoms with Crippen LogP contribution in [-0.2, 0) is 11.0 Å². The summed E-state index contributed by atoms with van der Waals surface area (Å²) in [7, 11) is 1.72. The average molecular weight is 563 g/mol. The molecule has 3 aliphatic rings.